The van der Waals surface area contributed by atoms with Gasteiger partial charge in [0.1, 0.15) is 5.75 Å². The second-order valence-electron chi connectivity index (χ2n) is 6.21. The van der Waals surface area contributed by atoms with Crippen molar-refractivity contribution in [3.05, 3.63) is 52.5 Å². The summed E-state index contributed by atoms with van der Waals surface area (Å²) in [6.45, 7) is 5.76. The first-order chi connectivity index (χ1) is 12.6. The van der Waals surface area contributed by atoms with Crippen LogP contribution in [0.1, 0.15) is 18.1 Å². The van der Waals surface area contributed by atoms with Crippen molar-refractivity contribution in [1.29, 1.82) is 0 Å². The van der Waals surface area contributed by atoms with Crippen LogP contribution in [-0.4, -0.2) is 38.8 Å². The third-order valence-corrected chi connectivity index (χ3v) is 5.88. The van der Waals surface area contributed by atoms with Crippen LogP contribution < -0.4 is 10.1 Å². The number of hydrogen-bond donors (Lipinski definition) is 1. The van der Waals surface area contributed by atoms with E-state index < -0.39 is 15.9 Å². The Bertz CT molecular complexity index is 924. The third kappa shape index (κ3) is 5.45. The van der Waals surface area contributed by atoms with E-state index in [1.165, 1.54) is 25.2 Å². The first-order valence-corrected chi connectivity index (χ1v) is 10.2. The number of aryl methyl sites for hydroxylation is 2. The molecule has 0 radical (unpaired) electrons. The van der Waals surface area contributed by atoms with Gasteiger partial charge in [-0.05, 0) is 62.2 Å². The average Bonchev–Trinajstić information content (AvgIpc) is 2.55. The van der Waals surface area contributed by atoms with Crippen LogP contribution in [-0.2, 0) is 14.8 Å². The van der Waals surface area contributed by atoms with E-state index in [4.69, 9.17) is 16.3 Å². The van der Waals surface area contributed by atoms with Gasteiger partial charge < -0.3 is 10.1 Å². The maximum atomic E-state index is 12.7. The van der Waals surface area contributed by atoms with Crippen molar-refractivity contribution in [2.24, 2.45) is 0 Å². The molecule has 0 aliphatic heterocycles. The summed E-state index contributed by atoms with van der Waals surface area (Å²) in [6, 6.07) is 9.87. The van der Waals surface area contributed by atoms with E-state index in [0.29, 0.717) is 18.0 Å². The SMILES string of the molecule is CCOc1ccc(S(=O)(=O)N(C)CC(=O)Nc2cc(C)cc(C)c2)cc1Cl. The molecule has 1 amide bonds. The summed E-state index contributed by atoms with van der Waals surface area (Å²) in [5.74, 6) is -0.0172. The van der Waals surface area contributed by atoms with Crippen LogP contribution in [0.3, 0.4) is 0 Å². The minimum Gasteiger partial charge on any atom is -0.492 e. The molecule has 2 aromatic carbocycles. The van der Waals surface area contributed by atoms with Gasteiger partial charge in [-0.1, -0.05) is 17.7 Å². The first kappa shape index (κ1) is 21.2. The minimum atomic E-state index is -3.86. The monoisotopic (exact) mass is 410 g/mol. The summed E-state index contributed by atoms with van der Waals surface area (Å²) in [7, 11) is -2.52. The van der Waals surface area contributed by atoms with Gasteiger partial charge in [-0.25, -0.2) is 8.42 Å². The smallest absolute Gasteiger partial charge is 0.243 e. The second kappa shape index (κ2) is 8.73. The standard InChI is InChI=1S/C19H23ClN2O4S/c1-5-26-18-7-6-16(11-17(18)20)27(24,25)22(4)12-19(23)21-15-9-13(2)8-14(3)10-15/h6-11H,5,12H2,1-4H3,(H,21,23). The van der Waals surface area contributed by atoms with Crippen molar-refractivity contribution >= 4 is 33.2 Å². The number of nitrogens with one attached hydrogen (secondary N) is 1. The lowest BCUT2D eigenvalue weighted by atomic mass is 10.1. The molecule has 1 N–H and O–H groups in total. The quantitative estimate of drug-likeness (QED) is 0.756. The number of amides is 1. The van der Waals surface area contributed by atoms with E-state index >= 15 is 0 Å². The molecular weight excluding hydrogens is 388 g/mol. The highest BCUT2D eigenvalue weighted by Crippen LogP contribution is 2.28. The molecule has 0 unspecified atom stereocenters. The van der Waals surface area contributed by atoms with E-state index in [1.54, 1.807) is 0 Å². The lowest BCUT2D eigenvalue weighted by Crippen LogP contribution is -2.35. The minimum absolute atomic E-state index is 0.00217. The number of anilines is 1. The van der Waals surface area contributed by atoms with Crippen LogP contribution >= 0.6 is 11.6 Å². The van der Waals surface area contributed by atoms with Gasteiger partial charge in [0.15, 0.2) is 0 Å². The zero-order chi connectivity index (χ0) is 20.2. The molecule has 0 aliphatic carbocycles. The van der Waals surface area contributed by atoms with Gasteiger partial charge in [-0.3, -0.25) is 4.79 Å². The summed E-state index contributed by atoms with van der Waals surface area (Å²) >= 11 is 6.07. The molecule has 27 heavy (non-hydrogen) atoms. The summed E-state index contributed by atoms with van der Waals surface area (Å²) in [5.41, 5.74) is 2.65. The number of halogens is 1. The van der Waals surface area contributed by atoms with Gasteiger partial charge >= 0.3 is 0 Å². The summed E-state index contributed by atoms with van der Waals surface area (Å²) in [4.78, 5) is 12.3. The molecule has 0 atom stereocenters. The Morgan fingerprint density at radius 1 is 1.15 bits per heavy atom. The number of hydrogen-bond acceptors (Lipinski definition) is 4. The molecule has 2 aromatic rings. The predicted octanol–water partition coefficient (Wildman–Crippen LogP) is 3.61. The number of rotatable bonds is 7. The molecule has 0 bridgehead atoms. The largest absolute Gasteiger partial charge is 0.492 e. The van der Waals surface area contributed by atoms with Gasteiger partial charge in [0.05, 0.1) is 23.1 Å². The Labute approximate surface area is 165 Å². The van der Waals surface area contributed by atoms with Crippen LogP contribution in [0.2, 0.25) is 5.02 Å². The Hall–Kier alpha value is -2.09. The van der Waals surface area contributed by atoms with Crippen LogP contribution in [0.15, 0.2) is 41.3 Å². The number of nitrogens with zero attached hydrogens (tertiary/aromatic N) is 1. The summed E-state index contributed by atoms with van der Waals surface area (Å²) in [5, 5.41) is 2.92. The van der Waals surface area contributed by atoms with E-state index in [1.807, 2.05) is 39.0 Å². The normalized spacial score (nSPS) is 11.5. The Morgan fingerprint density at radius 3 is 2.33 bits per heavy atom. The van der Waals surface area contributed by atoms with Gasteiger partial charge in [-0.15, -0.1) is 0 Å². The molecule has 8 heteroatoms. The molecule has 0 aliphatic rings. The van der Waals surface area contributed by atoms with Crippen LogP contribution in [0.4, 0.5) is 5.69 Å². The number of ether oxygens (including phenoxy) is 1. The number of likely N-dealkylation sites (N-methyl/N-ethyl adjacent to an activating group) is 1. The fourth-order valence-electron chi connectivity index (χ4n) is 2.63. The molecular formula is C19H23ClN2O4S. The van der Waals surface area contributed by atoms with Gasteiger partial charge in [0, 0.05) is 12.7 Å². The third-order valence-electron chi connectivity index (χ3n) is 3.78. The number of carbonyl (C=O) groups is 1. The Morgan fingerprint density at radius 2 is 1.78 bits per heavy atom. The van der Waals surface area contributed by atoms with E-state index in [2.05, 4.69) is 5.32 Å². The molecule has 0 saturated carbocycles. The molecule has 0 aromatic heterocycles. The fraction of sp³-hybridized carbons (Fsp3) is 0.316. The van der Waals surface area contributed by atoms with Gasteiger partial charge in [0.2, 0.25) is 15.9 Å². The lowest BCUT2D eigenvalue weighted by molar-refractivity contribution is -0.116. The first-order valence-electron chi connectivity index (χ1n) is 8.40. The van der Waals surface area contributed by atoms with E-state index in [9.17, 15) is 13.2 Å². The number of carbonyl (C=O) groups excluding carboxylic acids is 1. The van der Waals surface area contributed by atoms with Gasteiger partial charge in [-0.2, -0.15) is 4.31 Å². The lowest BCUT2D eigenvalue weighted by Gasteiger charge is -2.18. The number of benzene rings is 2. The summed E-state index contributed by atoms with van der Waals surface area (Å²) < 4.78 is 31.7. The van der Waals surface area contributed by atoms with Crippen LogP contribution in [0.25, 0.3) is 0 Å². The molecule has 0 saturated heterocycles. The van der Waals surface area contributed by atoms with E-state index in [-0.39, 0.29) is 16.5 Å². The van der Waals surface area contributed by atoms with Crippen molar-refractivity contribution in [3.63, 3.8) is 0 Å². The van der Waals surface area contributed by atoms with E-state index in [0.717, 1.165) is 15.4 Å². The highest BCUT2D eigenvalue weighted by molar-refractivity contribution is 7.89. The predicted molar refractivity (Wildman–Crippen MR) is 107 cm³/mol. The van der Waals surface area contributed by atoms with Crippen molar-refractivity contribution in [1.82, 2.24) is 4.31 Å². The Balaban J connectivity index is 2.12. The van der Waals surface area contributed by atoms with Crippen molar-refractivity contribution < 1.29 is 17.9 Å². The molecule has 6 nitrogen and oxygen atoms in total. The fourth-order valence-corrected chi connectivity index (χ4v) is 4.08. The molecule has 0 heterocycles. The number of sulfonamides is 1. The van der Waals surface area contributed by atoms with Gasteiger partial charge in [0.25, 0.3) is 0 Å². The molecule has 0 spiro atoms. The van der Waals surface area contributed by atoms with Crippen LogP contribution in [0.5, 0.6) is 5.75 Å². The topological polar surface area (TPSA) is 75.7 Å². The van der Waals surface area contributed by atoms with Crippen molar-refractivity contribution in [2.75, 3.05) is 25.5 Å². The molecule has 146 valence electrons. The zero-order valence-corrected chi connectivity index (χ0v) is 17.3. The second-order valence-corrected chi connectivity index (χ2v) is 8.66. The highest BCUT2D eigenvalue weighted by Gasteiger charge is 2.24. The highest BCUT2D eigenvalue weighted by atomic mass is 35.5. The maximum absolute atomic E-state index is 12.7. The molecule has 2 rings (SSSR count). The Kier molecular flexibility index (Phi) is 6.86. The maximum Gasteiger partial charge on any atom is 0.243 e. The zero-order valence-electron chi connectivity index (χ0n) is 15.7. The molecule has 0 fully saturated rings. The summed E-state index contributed by atoms with van der Waals surface area (Å²) in [6.07, 6.45) is 0. The average molecular weight is 411 g/mol. The van der Waals surface area contributed by atoms with Crippen LogP contribution in [0, 0.1) is 13.8 Å². The van der Waals surface area contributed by atoms with Crippen molar-refractivity contribution in [3.8, 4) is 5.75 Å². The van der Waals surface area contributed by atoms with Crippen molar-refractivity contribution in [2.45, 2.75) is 25.7 Å².